The molecule has 94 valence electrons. The van der Waals surface area contributed by atoms with Crippen LogP contribution in [0, 0.1) is 0 Å². The molecule has 1 rings (SSSR count). The maximum atomic E-state index is 11.8. The molecule has 0 spiro atoms. The number of likely N-dealkylation sites (N-methyl/N-ethyl adjacent to an activating group) is 1. The number of hydrogen-bond donors (Lipinski definition) is 1. The zero-order valence-electron chi connectivity index (χ0n) is 10.9. The quantitative estimate of drug-likeness (QED) is 0.820. The summed E-state index contributed by atoms with van der Waals surface area (Å²) in [4.78, 5) is 13.8. The zero-order valence-corrected chi connectivity index (χ0v) is 10.9. The highest BCUT2D eigenvalue weighted by Gasteiger charge is 2.10. The van der Waals surface area contributed by atoms with Crippen LogP contribution in [0.1, 0.15) is 26.7 Å². The molecular weight excluding hydrogens is 212 g/mol. The van der Waals surface area contributed by atoms with Crippen LogP contribution in [0.15, 0.2) is 30.3 Å². The molecule has 0 unspecified atom stereocenters. The molecule has 1 amide bonds. The van der Waals surface area contributed by atoms with E-state index in [2.05, 4.69) is 19.2 Å². The molecular formula is C14H22N2O. The summed E-state index contributed by atoms with van der Waals surface area (Å²) >= 11 is 0. The van der Waals surface area contributed by atoms with E-state index in [0.29, 0.717) is 12.6 Å². The molecule has 0 heterocycles. The third kappa shape index (κ3) is 4.47. The number of rotatable bonds is 6. The Labute approximate surface area is 104 Å². The van der Waals surface area contributed by atoms with Crippen LogP contribution in [0.5, 0.6) is 0 Å². The number of anilines is 1. The Bertz CT molecular complexity index is 333. The number of nitrogens with zero attached hydrogens (tertiary/aromatic N) is 1. The van der Waals surface area contributed by atoms with Crippen molar-refractivity contribution >= 4 is 11.6 Å². The van der Waals surface area contributed by atoms with E-state index in [1.165, 1.54) is 0 Å². The first kappa shape index (κ1) is 13.6. The van der Waals surface area contributed by atoms with E-state index in [-0.39, 0.29) is 5.91 Å². The van der Waals surface area contributed by atoms with Crippen LogP contribution in [0.25, 0.3) is 0 Å². The lowest BCUT2D eigenvalue weighted by molar-refractivity contribution is -0.120. The van der Waals surface area contributed by atoms with Crippen LogP contribution in [0.4, 0.5) is 5.69 Å². The normalized spacial score (nSPS) is 10.4. The van der Waals surface area contributed by atoms with Gasteiger partial charge in [-0.3, -0.25) is 4.79 Å². The Hall–Kier alpha value is -1.51. The second-order valence-electron chi connectivity index (χ2n) is 4.27. The van der Waals surface area contributed by atoms with E-state index in [1.807, 2.05) is 42.3 Å². The average Bonchev–Trinajstić information content (AvgIpc) is 2.37. The summed E-state index contributed by atoms with van der Waals surface area (Å²) < 4.78 is 0. The predicted molar refractivity (Wildman–Crippen MR) is 72.2 cm³/mol. The van der Waals surface area contributed by atoms with Gasteiger partial charge in [-0.15, -0.1) is 0 Å². The van der Waals surface area contributed by atoms with Crippen molar-refractivity contribution in [3.63, 3.8) is 0 Å². The van der Waals surface area contributed by atoms with Crippen molar-refractivity contribution in [2.45, 2.75) is 32.7 Å². The molecule has 0 aliphatic heterocycles. The summed E-state index contributed by atoms with van der Waals surface area (Å²) in [6, 6.07) is 10.2. The molecule has 0 saturated carbocycles. The van der Waals surface area contributed by atoms with Crippen LogP contribution >= 0.6 is 0 Å². The van der Waals surface area contributed by atoms with Crippen molar-refractivity contribution in [3.8, 4) is 0 Å². The Morgan fingerprint density at radius 2 is 1.82 bits per heavy atom. The number of nitrogens with one attached hydrogen (secondary N) is 1. The van der Waals surface area contributed by atoms with Gasteiger partial charge in [0, 0.05) is 18.8 Å². The lowest BCUT2D eigenvalue weighted by atomic mass is 10.2. The lowest BCUT2D eigenvalue weighted by Crippen LogP contribution is -2.40. The molecule has 0 saturated heterocycles. The third-order valence-electron chi connectivity index (χ3n) is 2.93. The maximum Gasteiger partial charge on any atom is 0.239 e. The van der Waals surface area contributed by atoms with Gasteiger partial charge in [0.2, 0.25) is 5.91 Å². The molecule has 1 N–H and O–H groups in total. The van der Waals surface area contributed by atoms with Gasteiger partial charge in [0.25, 0.3) is 0 Å². The van der Waals surface area contributed by atoms with Gasteiger partial charge in [-0.05, 0) is 25.0 Å². The van der Waals surface area contributed by atoms with Gasteiger partial charge < -0.3 is 10.2 Å². The van der Waals surface area contributed by atoms with E-state index >= 15 is 0 Å². The molecule has 0 bridgehead atoms. The smallest absolute Gasteiger partial charge is 0.239 e. The van der Waals surface area contributed by atoms with Gasteiger partial charge in [0.1, 0.15) is 0 Å². The van der Waals surface area contributed by atoms with Crippen molar-refractivity contribution in [2.24, 2.45) is 0 Å². The van der Waals surface area contributed by atoms with Crippen LogP contribution in [0.3, 0.4) is 0 Å². The minimum absolute atomic E-state index is 0.0880. The first-order chi connectivity index (χ1) is 8.17. The molecule has 17 heavy (non-hydrogen) atoms. The Morgan fingerprint density at radius 3 is 2.35 bits per heavy atom. The fourth-order valence-corrected chi connectivity index (χ4v) is 1.76. The van der Waals surface area contributed by atoms with Crippen molar-refractivity contribution in [1.82, 2.24) is 5.32 Å². The fourth-order valence-electron chi connectivity index (χ4n) is 1.76. The van der Waals surface area contributed by atoms with Gasteiger partial charge in [0.15, 0.2) is 0 Å². The first-order valence-corrected chi connectivity index (χ1v) is 6.22. The highest BCUT2D eigenvalue weighted by Crippen LogP contribution is 2.10. The molecule has 0 fully saturated rings. The fraction of sp³-hybridized carbons (Fsp3) is 0.500. The summed E-state index contributed by atoms with van der Waals surface area (Å²) in [5.41, 5.74) is 1.06. The summed E-state index contributed by atoms with van der Waals surface area (Å²) in [7, 11) is 1.93. The highest BCUT2D eigenvalue weighted by atomic mass is 16.2. The number of benzene rings is 1. The van der Waals surface area contributed by atoms with Crippen molar-refractivity contribution in [3.05, 3.63) is 30.3 Å². The first-order valence-electron chi connectivity index (χ1n) is 6.22. The van der Waals surface area contributed by atoms with Gasteiger partial charge in [-0.2, -0.15) is 0 Å². The number of hydrogen-bond acceptors (Lipinski definition) is 2. The summed E-state index contributed by atoms with van der Waals surface area (Å²) in [6.07, 6.45) is 1.97. The van der Waals surface area contributed by atoms with Crippen LogP contribution < -0.4 is 10.2 Å². The topological polar surface area (TPSA) is 32.3 Å². The molecule has 3 heteroatoms. The van der Waals surface area contributed by atoms with E-state index < -0.39 is 0 Å². The van der Waals surface area contributed by atoms with Crippen LogP contribution in [-0.2, 0) is 4.79 Å². The van der Waals surface area contributed by atoms with Gasteiger partial charge in [0.05, 0.1) is 6.54 Å². The molecule has 0 aliphatic rings. The molecule has 0 aromatic heterocycles. The standard InChI is InChI=1S/C14H22N2O/c1-4-12(5-2)15-14(17)11-16(3)13-9-7-6-8-10-13/h6-10,12H,4-5,11H2,1-3H3,(H,15,17). The second-order valence-corrected chi connectivity index (χ2v) is 4.27. The van der Waals surface area contributed by atoms with Gasteiger partial charge >= 0.3 is 0 Å². The molecule has 1 aromatic carbocycles. The number of carbonyl (C=O) groups excluding carboxylic acids is 1. The summed E-state index contributed by atoms with van der Waals surface area (Å²) in [5, 5.41) is 3.04. The van der Waals surface area contributed by atoms with Gasteiger partial charge in [-0.1, -0.05) is 32.0 Å². The van der Waals surface area contributed by atoms with Crippen LogP contribution in [-0.4, -0.2) is 25.5 Å². The monoisotopic (exact) mass is 234 g/mol. The highest BCUT2D eigenvalue weighted by molar-refractivity contribution is 5.81. The summed E-state index contributed by atoms with van der Waals surface area (Å²) in [5.74, 6) is 0.0880. The Balaban J connectivity index is 2.46. The Kier molecular flexibility index (Phi) is 5.53. The molecule has 0 radical (unpaired) electrons. The number of para-hydroxylation sites is 1. The number of amides is 1. The average molecular weight is 234 g/mol. The van der Waals surface area contributed by atoms with Crippen molar-refractivity contribution in [2.75, 3.05) is 18.5 Å². The predicted octanol–water partition coefficient (Wildman–Crippen LogP) is 2.43. The Morgan fingerprint density at radius 1 is 1.24 bits per heavy atom. The SMILES string of the molecule is CCC(CC)NC(=O)CN(C)c1ccccc1. The molecule has 3 nitrogen and oxygen atoms in total. The van der Waals surface area contributed by atoms with Crippen molar-refractivity contribution < 1.29 is 4.79 Å². The lowest BCUT2D eigenvalue weighted by Gasteiger charge is -2.21. The van der Waals surface area contributed by atoms with Gasteiger partial charge in [-0.25, -0.2) is 0 Å². The van der Waals surface area contributed by atoms with E-state index in [4.69, 9.17) is 0 Å². The van der Waals surface area contributed by atoms with Crippen LogP contribution in [0.2, 0.25) is 0 Å². The summed E-state index contributed by atoms with van der Waals surface area (Å²) in [6.45, 7) is 4.59. The maximum absolute atomic E-state index is 11.8. The van der Waals surface area contributed by atoms with Crippen molar-refractivity contribution in [1.29, 1.82) is 0 Å². The molecule has 0 atom stereocenters. The molecule has 1 aromatic rings. The van der Waals surface area contributed by atoms with E-state index in [1.54, 1.807) is 0 Å². The minimum atomic E-state index is 0.0880. The largest absolute Gasteiger partial charge is 0.365 e. The van der Waals surface area contributed by atoms with E-state index in [0.717, 1.165) is 18.5 Å². The zero-order chi connectivity index (χ0) is 12.7. The second kappa shape index (κ2) is 6.94. The molecule has 0 aliphatic carbocycles. The van der Waals surface area contributed by atoms with E-state index in [9.17, 15) is 4.79 Å². The number of carbonyl (C=O) groups is 1. The third-order valence-corrected chi connectivity index (χ3v) is 2.93. The minimum Gasteiger partial charge on any atom is -0.365 e.